The number of ether oxygens (including phenoxy) is 2. The van der Waals surface area contributed by atoms with E-state index in [0.29, 0.717) is 36.6 Å². The van der Waals surface area contributed by atoms with Gasteiger partial charge in [0.15, 0.2) is 18.2 Å². The number of aromatic amines is 1. The number of pyridine rings is 1. The molecule has 0 unspecified atom stereocenters. The second-order valence-electron chi connectivity index (χ2n) is 11.7. The van der Waals surface area contributed by atoms with Gasteiger partial charge in [-0.05, 0) is 62.3 Å². The second-order valence-corrected chi connectivity index (χ2v) is 11.7. The van der Waals surface area contributed by atoms with Gasteiger partial charge in [-0.3, -0.25) is 19.2 Å². The zero-order chi connectivity index (χ0) is 30.2. The molecule has 1 aliphatic carbocycles. The molecule has 1 aliphatic rings. The molecule has 0 radical (unpaired) electrons. The smallest absolute Gasteiger partial charge is 0.224 e. The van der Waals surface area contributed by atoms with Crippen molar-refractivity contribution in [1.29, 1.82) is 0 Å². The molecule has 42 heavy (non-hydrogen) atoms. The molecule has 1 amide bonds. The van der Waals surface area contributed by atoms with Gasteiger partial charge in [-0.1, -0.05) is 32.4 Å². The van der Waals surface area contributed by atoms with E-state index in [0.717, 1.165) is 29.3 Å². The van der Waals surface area contributed by atoms with Crippen molar-refractivity contribution in [3.8, 4) is 11.6 Å². The number of carbonyl (C=O) groups excluding carboxylic acids is 4. The van der Waals surface area contributed by atoms with Crippen LogP contribution >= 0.6 is 0 Å². The first-order valence-electron chi connectivity index (χ1n) is 14.7. The van der Waals surface area contributed by atoms with Crippen LogP contribution in [0.5, 0.6) is 11.6 Å². The van der Waals surface area contributed by atoms with Crippen molar-refractivity contribution in [2.75, 3.05) is 13.7 Å². The van der Waals surface area contributed by atoms with Crippen molar-refractivity contribution in [2.45, 2.75) is 71.8 Å². The van der Waals surface area contributed by atoms with Gasteiger partial charge in [0.1, 0.15) is 11.5 Å². The van der Waals surface area contributed by atoms with Crippen molar-refractivity contribution in [3.05, 3.63) is 53.9 Å². The molecule has 0 aliphatic heterocycles. The quantitative estimate of drug-likeness (QED) is 0.247. The summed E-state index contributed by atoms with van der Waals surface area (Å²) in [5.41, 5.74) is 2.14. The Labute approximate surface area is 246 Å². The van der Waals surface area contributed by atoms with Gasteiger partial charge in [0.05, 0.1) is 18.8 Å². The molecule has 0 spiro atoms. The lowest BCUT2D eigenvalue weighted by atomic mass is 9.82. The SMILES string of the molecule is COc1cccc2[nH]c(C(=O)C[C@@H](CC(C)C)C(=O)N[C@@H](C[C@@H]3CCCCC3=O)C(=O)COc3ccc(C)cn3)cc12. The third-order valence-electron chi connectivity index (χ3n) is 7.86. The lowest BCUT2D eigenvalue weighted by Gasteiger charge is -2.27. The number of H-pyrrole nitrogens is 1. The van der Waals surface area contributed by atoms with E-state index in [9.17, 15) is 19.2 Å². The third-order valence-corrected chi connectivity index (χ3v) is 7.86. The number of Topliss-reactive ketones (excluding diaryl/α,β-unsaturated/α-hetero) is 3. The standard InChI is InChI=1S/C33H41N3O6/c1-20(2)14-23(16-29(38)27-17-24-25(35-27)9-7-11-31(24)41-4)33(40)36-26(15-22-8-5-6-10-28(22)37)30(39)19-42-32-13-12-21(3)18-34-32/h7,9,11-13,17-18,20,22-23,26,35H,5-6,8,10,14-16,19H2,1-4H3,(H,36,40)/t22-,23+,26-/m0/s1. The predicted molar refractivity (Wildman–Crippen MR) is 160 cm³/mol. The lowest BCUT2D eigenvalue weighted by molar-refractivity contribution is -0.133. The van der Waals surface area contributed by atoms with Crippen LogP contribution in [0.2, 0.25) is 0 Å². The van der Waals surface area contributed by atoms with Crippen LogP contribution in [0.25, 0.3) is 10.9 Å². The molecule has 1 aromatic carbocycles. The molecular weight excluding hydrogens is 534 g/mol. The van der Waals surface area contributed by atoms with Gasteiger partial charge in [-0.25, -0.2) is 4.98 Å². The summed E-state index contributed by atoms with van der Waals surface area (Å²) in [5, 5.41) is 3.70. The largest absolute Gasteiger partial charge is 0.496 e. The van der Waals surface area contributed by atoms with Gasteiger partial charge in [0.2, 0.25) is 11.8 Å². The minimum Gasteiger partial charge on any atom is -0.496 e. The molecule has 3 atom stereocenters. The molecule has 3 aromatic rings. The monoisotopic (exact) mass is 575 g/mol. The van der Waals surface area contributed by atoms with Crippen LogP contribution in [-0.2, 0) is 14.4 Å². The molecule has 2 heterocycles. The molecule has 2 aromatic heterocycles. The summed E-state index contributed by atoms with van der Waals surface area (Å²) in [7, 11) is 1.58. The molecular formula is C33H41N3O6. The van der Waals surface area contributed by atoms with E-state index in [4.69, 9.17) is 9.47 Å². The fraction of sp³-hybridized carbons (Fsp3) is 0.485. The molecule has 9 nitrogen and oxygen atoms in total. The van der Waals surface area contributed by atoms with E-state index >= 15 is 0 Å². The average molecular weight is 576 g/mol. The van der Waals surface area contributed by atoms with Crippen LogP contribution in [0.15, 0.2) is 42.6 Å². The van der Waals surface area contributed by atoms with E-state index in [2.05, 4.69) is 15.3 Å². The van der Waals surface area contributed by atoms with E-state index in [1.54, 1.807) is 25.4 Å². The number of hydrogen-bond donors (Lipinski definition) is 2. The van der Waals surface area contributed by atoms with Gasteiger partial charge in [-0.15, -0.1) is 0 Å². The Kier molecular flexibility index (Phi) is 10.5. The number of nitrogens with one attached hydrogen (secondary N) is 2. The highest BCUT2D eigenvalue weighted by atomic mass is 16.5. The Morgan fingerprint density at radius 3 is 2.64 bits per heavy atom. The van der Waals surface area contributed by atoms with Gasteiger partial charge in [0.25, 0.3) is 0 Å². The summed E-state index contributed by atoms with van der Waals surface area (Å²) in [5.74, 6) is -0.624. The molecule has 1 fully saturated rings. The number of benzene rings is 1. The summed E-state index contributed by atoms with van der Waals surface area (Å²) in [6, 6.07) is 9.90. The number of hydrogen-bond acceptors (Lipinski definition) is 7. The van der Waals surface area contributed by atoms with Crippen molar-refractivity contribution in [1.82, 2.24) is 15.3 Å². The number of aromatic nitrogens is 2. The number of aryl methyl sites for hydroxylation is 1. The molecule has 224 valence electrons. The van der Waals surface area contributed by atoms with Crippen LogP contribution in [-0.4, -0.2) is 53.0 Å². The number of rotatable bonds is 14. The molecule has 4 rings (SSSR count). The van der Waals surface area contributed by atoms with E-state index in [-0.39, 0.29) is 54.5 Å². The maximum atomic E-state index is 13.7. The minimum atomic E-state index is -0.905. The fourth-order valence-corrected chi connectivity index (χ4v) is 5.58. The van der Waals surface area contributed by atoms with Crippen molar-refractivity contribution in [3.63, 3.8) is 0 Å². The van der Waals surface area contributed by atoms with Crippen molar-refractivity contribution >= 4 is 34.2 Å². The third kappa shape index (κ3) is 8.05. The Morgan fingerprint density at radius 1 is 1.14 bits per heavy atom. The van der Waals surface area contributed by atoms with Crippen LogP contribution in [0.3, 0.4) is 0 Å². The summed E-state index contributed by atoms with van der Waals surface area (Å²) in [4.78, 5) is 60.4. The highest BCUT2D eigenvalue weighted by Crippen LogP contribution is 2.28. The Hall–Kier alpha value is -4.01. The normalized spacial score (nSPS) is 16.7. The molecule has 0 bridgehead atoms. The number of amides is 1. The van der Waals surface area contributed by atoms with E-state index < -0.39 is 12.0 Å². The molecule has 0 saturated heterocycles. The van der Waals surface area contributed by atoms with E-state index in [1.807, 2.05) is 45.0 Å². The van der Waals surface area contributed by atoms with Crippen LogP contribution in [0, 0.1) is 24.7 Å². The predicted octanol–water partition coefficient (Wildman–Crippen LogP) is 5.40. The maximum Gasteiger partial charge on any atom is 0.224 e. The van der Waals surface area contributed by atoms with Crippen molar-refractivity contribution < 1.29 is 28.7 Å². The first-order chi connectivity index (χ1) is 20.1. The van der Waals surface area contributed by atoms with Crippen LogP contribution < -0.4 is 14.8 Å². The molecule has 9 heteroatoms. The van der Waals surface area contributed by atoms with Gasteiger partial charge in [-0.2, -0.15) is 0 Å². The Bertz CT molecular complexity index is 1410. The number of fused-ring (bicyclic) bond motifs is 1. The average Bonchev–Trinajstić information content (AvgIpc) is 3.42. The first-order valence-corrected chi connectivity index (χ1v) is 14.7. The highest BCUT2D eigenvalue weighted by Gasteiger charge is 2.33. The lowest BCUT2D eigenvalue weighted by Crippen LogP contribution is -2.47. The van der Waals surface area contributed by atoms with Crippen molar-refractivity contribution in [2.24, 2.45) is 17.8 Å². The molecule has 1 saturated carbocycles. The van der Waals surface area contributed by atoms with Gasteiger partial charge >= 0.3 is 0 Å². The summed E-state index contributed by atoms with van der Waals surface area (Å²) in [6.07, 6.45) is 5.25. The zero-order valence-corrected chi connectivity index (χ0v) is 24.9. The number of ketones is 3. The first kappa shape index (κ1) is 30.9. The van der Waals surface area contributed by atoms with Crippen LogP contribution in [0.1, 0.15) is 74.8 Å². The van der Waals surface area contributed by atoms with Gasteiger partial charge < -0.3 is 19.8 Å². The summed E-state index contributed by atoms with van der Waals surface area (Å²) in [6.45, 7) is 5.60. The van der Waals surface area contributed by atoms with Gasteiger partial charge in [0, 0.05) is 47.8 Å². The Balaban J connectivity index is 1.50. The molecule has 2 N–H and O–H groups in total. The zero-order valence-electron chi connectivity index (χ0n) is 24.9. The number of nitrogens with zero attached hydrogens (tertiary/aromatic N) is 1. The number of methoxy groups -OCH3 is 1. The minimum absolute atomic E-state index is 0.0216. The van der Waals surface area contributed by atoms with E-state index in [1.165, 1.54) is 0 Å². The number of carbonyl (C=O) groups is 4. The Morgan fingerprint density at radius 2 is 1.95 bits per heavy atom. The summed E-state index contributed by atoms with van der Waals surface area (Å²) < 4.78 is 11.0. The fourth-order valence-electron chi connectivity index (χ4n) is 5.58. The highest BCUT2D eigenvalue weighted by molar-refractivity contribution is 6.02. The summed E-state index contributed by atoms with van der Waals surface area (Å²) >= 11 is 0. The maximum absolute atomic E-state index is 13.7. The second kappa shape index (κ2) is 14.2. The topological polar surface area (TPSA) is 127 Å². The van der Waals surface area contributed by atoms with Crippen LogP contribution in [0.4, 0.5) is 0 Å².